The van der Waals surface area contributed by atoms with E-state index < -0.39 is 114 Å². The number of fused-ring (bicyclic) bond motifs is 1. The Hall–Kier alpha value is -4.61. The van der Waals surface area contributed by atoms with Gasteiger partial charge in [0.05, 0.1) is 43.2 Å². The summed E-state index contributed by atoms with van der Waals surface area (Å²) < 4.78 is 0. The molecule has 0 unspecified atom stereocenters. The summed E-state index contributed by atoms with van der Waals surface area (Å²) in [6.07, 6.45) is -3.30. The third-order valence-electron chi connectivity index (χ3n) is 9.48. The van der Waals surface area contributed by atoms with Crippen molar-refractivity contribution in [1.29, 1.82) is 0 Å². The van der Waals surface area contributed by atoms with Gasteiger partial charge in [-0.2, -0.15) is 0 Å². The summed E-state index contributed by atoms with van der Waals surface area (Å²) in [6, 6.07) is 0.390. The molecule has 3 rings (SSSR count). The molecule has 6 amide bonds. The van der Waals surface area contributed by atoms with Gasteiger partial charge in [-0.25, -0.2) is 0 Å². The molecule has 9 N–H and O–H groups in total. The second kappa shape index (κ2) is 19.8. The van der Waals surface area contributed by atoms with Crippen LogP contribution in [0, 0.1) is 5.92 Å². The number of aliphatic carboxylic acids is 1. The molecule has 2 fully saturated rings. The standard InChI is InChI=1S/C38H59N7O10/c1-20(2)16-25-33(51)42-26(18-30(49)50)34(52)43-31(22(4)46)36(54)39-21(3)32(37(55)44-38(5,6)7)45-15-11-14-27(45)35(53)41-24(28(47)19-29(48)40-25)17-23-12-9-8-10-13-23/h8-10,12-13,20-22,24-28,31-32,46-47H,11,14-19H2,1-7H3,(H,39,54)(H,40,48)(H,41,53)(H,42,51)(H,43,52)(H,44,55)(H,49,50)/t21-,22+,24-,25-,26-,27-,28-,31-,32-/m0/s1. The van der Waals surface area contributed by atoms with Crippen LogP contribution < -0.4 is 31.9 Å². The van der Waals surface area contributed by atoms with Crippen LogP contribution in [0.25, 0.3) is 0 Å². The third kappa shape index (κ3) is 13.6. The van der Waals surface area contributed by atoms with Crippen LogP contribution in [0.3, 0.4) is 0 Å². The SMILES string of the molecule is CC(C)C[C@@H]1NC(=O)C[C@H](O)[C@H](Cc2ccccc2)NC(=O)[C@@H]2CCCN2[C@H](C(=O)NC(C)(C)C)[C@H](C)NC(=O)[C@H]([C@@H](C)O)NC(=O)[C@H](CC(=O)O)NC1=O. The van der Waals surface area contributed by atoms with Crippen LogP contribution in [-0.2, 0) is 40.0 Å². The maximum absolute atomic E-state index is 14.2. The molecule has 55 heavy (non-hydrogen) atoms. The van der Waals surface area contributed by atoms with E-state index in [0.717, 1.165) is 5.56 Å². The minimum Gasteiger partial charge on any atom is -0.481 e. The van der Waals surface area contributed by atoms with Crippen molar-refractivity contribution in [3.8, 4) is 0 Å². The zero-order chi connectivity index (χ0) is 41.2. The zero-order valence-corrected chi connectivity index (χ0v) is 32.8. The smallest absolute Gasteiger partial charge is 0.305 e. The first kappa shape index (κ1) is 44.8. The summed E-state index contributed by atoms with van der Waals surface area (Å²) >= 11 is 0. The number of benzene rings is 1. The number of hydrogen-bond acceptors (Lipinski definition) is 10. The first-order valence-corrected chi connectivity index (χ1v) is 18.9. The highest BCUT2D eigenvalue weighted by atomic mass is 16.4. The summed E-state index contributed by atoms with van der Waals surface area (Å²) in [5, 5.41) is 47.6. The molecule has 0 aliphatic carbocycles. The van der Waals surface area contributed by atoms with Gasteiger partial charge in [0.15, 0.2) is 0 Å². The van der Waals surface area contributed by atoms with E-state index >= 15 is 0 Å². The second-order valence-corrected chi connectivity index (χ2v) is 16.1. The van der Waals surface area contributed by atoms with E-state index in [0.29, 0.717) is 19.4 Å². The van der Waals surface area contributed by atoms with Crippen LogP contribution in [0.1, 0.15) is 86.1 Å². The van der Waals surface area contributed by atoms with E-state index in [2.05, 4.69) is 31.9 Å². The molecule has 1 aromatic rings. The van der Waals surface area contributed by atoms with Crippen LogP contribution in [-0.4, -0.2) is 128 Å². The quantitative estimate of drug-likeness (QED) is 0.156. The van der Waals surface area contributed by atoms with Gasteiger partial charge in [-0.3, -0.25) is 38.5 Å². The molecular weight excluding hydrogens is 714 g/mol. The Bertz CT molecular complexity index is 1530. The number of carboxylic acids is 1. The fraction of sp³-hybridized carbons (Fsp3) is 0.658. The number of hydrogen-bond donors (Lipinski definition) is 9. The number of carbonyl (C=O) groups excluding carboxylic acids is 6. The van der Waals surface area contributed by atoms with Crippen molar-refractivity contribution in [2.45, 2.75) is 147 Å². The van der Waals surface area contributed by atoms with Gasteiger partial charge >= 0.3 is 5.97 Å². The Kier molecular flexibility index (Phi) is 16.1. The molecule has 0 spiro atoms. The number of nitrogens with one attached hydrogen (secondary N) is 6. The number of aliphatic hydroxyl groups excluding tert-OH is 2. The Morgan fingerprint density at radius 3 is 2.11 bits per heavy atom. The van der Waals surface area contributed by atoms with E-state index in [-0.39, 0.29) is 18.8 Å². The van der Waals surface area contributed by atoms with Crippen LogP contribution in [0.2, 0.25) is 0 Å². The number of aliphatic hydroxyl groups is 2. The summed E-state index contributed by atoms with van der Waals surface area (Å²) in [5.74, 6) is -6.24. The minimum atomic E-state index is -1.72. The zero-order valence-electron chi connectivity index (χ0n) is 32.8. The monoisotopic (exact) mass is 773 g/mol. The van der Waals surface area contributed by atoms with Crippen molar-refractivity contribution in [2.75, 3.05) is 6.54 Å². The highest BCUT2D eigenvalue weighted by molar-refractivity contribution is 5.96. The lowest BCUT2D eigenvalue weighted by Crippen LogP contribution is -2.65. The number of carbonyl (C=O) groups is 7. The fourth-order valence-electron chi connectivity index (χ4n) is 6.94. The van der Waals surface area contributed by atoms with Crippen LogP contribution in [0.5, 0.6) is 0 Å². The highest BCUT2D eigenvalue weighted by Crippen LogP contribution is 2.24. The molecule has 1 aromatic carbocycles. The first-order valence-electron chi connectivity index (χ1n) is 18.9. The van der Waals surface area contributed by atoms with Gasteiger partial charge in [0.25, 0.3) is 0 Å². The largest absolute Gasteiger partial charge is 0.481 e. The van der Waals surface area contributed by atoms with E-state index in [4.69, 9.17) is 0 Å². The minimum absolute atomic E-state index is 0.0807. The molecule has 306 valence electrons. The van der Waals surface area contributed by atoms with E-state index in [1.807, 2.05) is 18.2 Å². The number of carboxylic acid groups (broad SMARTS) is 1. The predicted molar refractivity (Wildman–Crippen MR) is 201 cm³/mol. The molecule has 0 radical (unpaired) electrons. The van der Waals surface area contributed by atoms with Gasteiger partial charge in [0.1, 0.15) is 24.2 Å². The van der Waals surface area contributed by atoms with Crippen molar-refractivity contribution in [3.63, 3.8) is 0 Å². The van der Waals surface area contributed by atoms with Gasteiger partial charge in [-0.05, 0) is 78.3 Å². The number of amides is 6. The summed E-state index contributed by atoms with van der Waals surface area (Å²) in [5.41, 5.74) is 0.0529. The predicted octanol–water partition coefficient (Wildman–Crippen LogP) is -0.913. The molecule has 2 aliphatic rings. The molecular formula is C38H59N7O10. The van der Waals surface area contributed by atoms with Gasteiger partial charge in [0, 0.05) is 5.54 Å². The van der Waals surface area contributed by atoms with Crippen LogP contribution in [0.4, 0.5) is 0 Å². The molecule has 0 saturated carbocycles. The second-order valence-electron chi connectivity index (χ2n) is 16.1. The molecule has 0 bridgehead atoms. The van der Waals surface area contributed by atoms with Crippen LogP contribution >= 0.6 is 0 Å². The van der Waals surface area contributed by atoms with Crippen molar-refractivity contribution >= 4 is 41.4 Å². The Balaban J connectivity index is 2.13. The maximum atomic E-state index is 14.2. The summed E-state index contributed by atoms with van der Waals surface area (Å²) in [6.45, 7) is 12.0. The van der Waals surface area contributed by atoms with E-state index in [1.54, 1.807) is 58.6 Å². The molecule has 2 saturated heterocycles. The summed E-state index contributed by atoms with van der Waals surface area (Å²) in [7, 11) is 0. The molecule has 2 heterocycles. The highest BCUT2D eigenvalue weighted by Gasteiger charge is 2.44. The lowest BCUT2D eigenvalue weighted by atomic mass is 9.97. The molecule has 0 aromatic heterocycles. The van der Waals surface area contributed by atoms with Gasteiger partial charge in [-0.15, -0.1) is 0 Å². The average molecular weight is 774 g/mol. The fourth-order valence-corrected chi connectivity index (χ4v) is 6.94. The maximum Gasteiger partial charge on any atom is 0.305 e. The topological polar surface area (TPSA) is 256 Å². The Labute approximate surface area is 322 Å². The number of rotatable bonds is 8. The van der Waals surface area contributed by atoms with Crippen molar-refractivity contribution in [2.24, 2.45) is 5.92 Å². The Morgan fingerprint density at radius 2 is 1.53 bits per heavy atom. The molecule has 9 atom stereocenters. The average Bonchev–Trinajstić information content (AvgIpc) is 3.54. The molecule has 2 aliphatic heterocycles. The van der Waals surface area contributed by atoms with Crippen molar-refractivity contribution in [3.05, 3.63) is 35.9 Å². The normalized spacial score (nSPS) is 28.8. The van der Waals surface area contributed by atoms with E-state index in [9.17, 15) is 48.9 Å². The molecule has 17 heteroatoms. The van der Waals surface area contributed by atoms with Gasteiger partial charge < -0.3 is 47.2 Å². The third-order valence-corrected chi connectivity index (χ3v) is 9.48. The van der Waals surface area contributed by atoms with Crippen LogP contribution in [0.15, 0.2) is 30.3 Å². The summed E-state index contributed by atoms with van der Waals surface area (Å²) in [4.78, 5) is 96.0. The van der Waals surface area contributed by atoms with E-state index in [1.165, 1.54) is 6.92 Å². The van der Waals surface area contributed by atoms with Crippen molar-refractivity contribution in [1.82, 2.24) is 36.8 Å². The lowest BCUT2D eigenvalue weighted by molar-refractivity contribution is -0.142. The number of nitrogens with zero attached hydrogens (tertiary/aromatic N) is 1. The van der Waals surface area contributed by atoms with Gasteiger partial charge in [-0.1, -0.05) is 44.2 Å². The van der Waals surface area contributed by atoms with Gasteiger partial charge in [0.2, 0.25) is 35.4 Å². The molecule has 17 nitrogen and oxygen atoms in total. The Morgan fingerprint density at radius 1 is 0.891 bits per heavy atom. The first-order chi connectivity index (χ1) is 25.7. The lowest BCUT2D eigenvalue weighted by Gasteiger charge is -2.38. The van der Waals surface area contributed by atoms with Crippen molar-refractivity contribution < 1.29 is 48.9 Å².